The molecule has 0 saturated heterocycles. The van der Waals surface area contributed by atoms with Crippen LogP contribution < -0.4 is 0 Å². The molecule has 0 bridgehead atoms. The summed E-state index contributed by atoms with van der Waals surface area (Å²) in [5.74, 6) is 8.74. The third-order valence-corrected chi connectivity index (χ3v) is 9.75. The topological polar surface area (TPSA) is 0 Å². The van der Waals surface area contributed by atoms with E-state index in [0.717, 1.165) is 16.2 Å². The van der Waals surface area contributed by atoms with Crippen LogP contribution in [0.1, 0.15) is 32.6 Å². The summed E-state index contributed by atoms with van der Waals surface area (Å²) < 4.78 is 0. The summed E-state index contributed by atoms with van der Waals surface area (Å²) in [4.78, 5) is 0. The van der Waals surface area contributed by atoms with Crippen molar-refractivity contribution in [2.45, 2.75) is 32.6 Å². The monoisotopic (exact) mass is 198 g/mol. The van der Waals surface area contributed by atoms with Crippen LogP contribution in [0.4, 0.5) is 0 Å². The van der Waals surface area contributed by atoms with E-state index in [1.54, 1.807) is 25.7 Å². The molecule has 7 fully saturated rings. The molecule has 0 heterocycles. The van der Waals surface area contributed by atoms with Gasteiger partial charge in [-0.3, -0.25) is 0 Å². The molecule has 78 valence electrons. The first-order chi connectivity index (χ1) is 7.29. The third kappa shape index (κ3) is 0.260. The predicted octanol–water partition coefficient (Wildman–Crippen LogP) is 2.93. The Hall–Kier alpha value is 0. The van der Waals surface area contributed by atoms with E-state index < -0.39 is 0 Å². The average molecular weight is 198 g/mol. The van der Waals surface area contributed by atoms with E-state index in [1.807, 2.05) is 0 Å². The molecule has 0 nitrogen and oxygen atoms in total. The van der Waals surface area contributed by atoms with E-state index in [9.17, 15) is 0 Å². The zero-order valence-electron chi connectivity index (χ0n) is 9.37. The molecule has 10 atom stereocenters. The van der Waals surface area contributed by atoms with Gasteiger partial charge in [0.15, 0.2) is 0 Å². The second-order valence-corrected chi connectivity index (χ2v) is 8.37. The van der Waals surface area contributed by atoms with E-state index >= 15 is 0 Å². The van der Waals surface area contributed by atoms with Gasteiger partial charge >= 0.3 is 0 Å². The Kier molecular flexibility index (Phi) is 0.569. The maximum atomic E-state index is 2.72. The first-order valence-electron chi connectivity index (χ1n) is 7.29. The van der Waals surface area contributed by atoms with E-state index in [0.29, 0.717) is 0 Å². The lowest BCUT2D eigenvalue weighted by molar-refractivity contribution is -0.583. The van der Waals surface area contributed by atoms with Crippen LogP contribution in [0.25, 0.3) is 0 Å². The fourth-order valence-corrected chi connectivity index (χ4v) is 10.1. The van der Waals surface area contributed by atoms with Crippen LogP contribution in [0.3, 0.4) is 0 Å². The van der Waals surface area contributed by atoms with E-state index in [1.165, 1.54) is 41.4 Å². The summed E-state index contributed by atoms with van der Waals surface area (Å²) in [6.07, 6.45) is 6.68. The summed E-state index contributed by atoms with van der Waals surface area (Å²) >= 11 is 0. The maximum absolute atomic E-state index is 2.72. The molecule has 7 aliphatic carbocycles. The molecular formula is C15H18. The van der Waals surface area contributed by atoms with Gasteiger partial charge in [-0.15, -0.1) is 0 Å². The predicted molar refractivity (Wildman–Crippen MR) is 55.9 cm³/mol. The average Bonchev–Trinajstić information content (AvgIpc) is 2.30. The molecule has 0 aliphatic heterocycles. The number of hydrogen-bond acceptors (Lipinski definition) is 0. The maximum Gasteiger partial charge on any atom is -0.0108 e. The molecule has 0 amide bonds. The SMILES string of the molecule is CC12C3CC1C1C4CC5CC6C(C3)C12C564. The molecule has 15 heavy (non-hydrogen) atoms. The first kappa shape index (κ1) is 6.67. The molecule has 0 aromatic rings. The Morgan fingerprint density at radius 2 is 1.53 bits per heavy atom. The minimum Gasteiger partial charge on any atom is -0.0585 e. The molecule has 0 aromatic heterocycles. The molecule has 0 aromatic carbocycles. The van der Waals surface area contributed by atoms with Crippen molar-refractivity contribution >= 4 is 0 Å². The molecular weight excluding hydrogens is 180 g/mol. The van der Waals surface area contributed by atoms with Crippen LogP contribution >= 0.6 is 0 Å². The lowest BCUT2D eigenvalue weighted by atomic mass is 8.99. The van der Waals surface area contributed by atoms with Gasteiger partial charge < -0.3 is 0 Å². The van der Waals surface area contributed by atoms with Crippen LogP contribution in [0, 0.1) is 57.7 Å². The van der Waals surface area contributed by atoms with Gasteiger partial charge in [-0.2, -0.15) is 0 Å². The fraction of sp³-hybridized carbons (Fsp3) is 1.00. The largest absolute Gasteiger partial charge is 0.0585 e. The summed E-state index contributed by atoms with van der Waals surface area (Å²) in [5.41, 5.74) is 2.95. The van der Waals surface area contributed by atoms with Crippen LogP contribution in [0.2, 0.25) is 0 Å². The molecule has 0 radical (unpaired) electrons. The van der Waals surface area contributed by atoms with Gasteiger partial charge in [0.05, 0.1) is 0 Å². The Morgan fingerprint density at radius 1 is 0.800 bits per heavy atom. The van der Waals surface area contributed by atoms with E-state index in [4.69, 9.17) is 0 Å². The van der Waals surface area contributed by atoms with Gasteiger partial charge in [-0.05, 0) is 83.4 Å². The summed E-state index contributed by atoms with van der Waals surface area (Å²) in [6, 6.07) is 0. The van der Waals surface area contributed by atoms with Crippen LogP contribution in [0.5, 0.6) is 0 Å². The highest BCUT2D eigenvalue weighted by Gasteiger charge is 3.06. The Morgan fingerprint density at radius 3 is 2.40 bits per heavy atom. The van der Waals surface area contributed by atoms with Gasteiger partial charge in [-0.1, -0.05) is 6.92 Å². The molecule has 7 rings (SSSR count). The highest BCUT2D eigenvalue weighted by molar-refractivity contribution is 5.53. The summed E-state index contributed by atoms with van der Waals surface area (Å²) in [7, 11) is 0. The molecule has 7 aliphatic rings. The standard InChI is InChI=1S/C15H18/c1-13-6-2-9-8-4-7-5-11-12(10(13)3-6)15(9,13)14(7,8)11/h6-12H,2-5H2,1H3. The zero-order valence-corrected chi connectivity index (χ0v) is 9.37. The van der Waals surface area contributed by atoms with Crippen molar-refractivity contribution in [1.82, 2.24) is 0 Å². The van der Waals surface area contributed by atoms with E-state index in [2.05, 4.69) is 6.92 Å². The van der Waals surface area contributed by atoms with Gasteiger partial charge in [-0.25, -0.2) is 0 Å². The van der Waals surface area contributed by atoms with Crippen LogP contribution in [-0.2, 0) is 0 Å². The van der Waals surface area contributed by atoms with Crippen molar-refractivity contribution in [3.8, 4) is 0 Å². The van der Waals surface area contributed by atoms with Gasteiger partial charge in [0.25, 0.3) is 0 Å². The second-order valence-electron chi connectivity index (χ2n) is 8.37. The number of fused-ring (bicyclic) bond motifs is 3. The fourth-order valence-electron chi connectivity index (χ4n) is 10.1. The third-order valence-electron chi connectivity index (χ3n) is 9.75. The van der Waals surface area contributed by atoms with Crippen molar-refractivity contribution in [3.05, 3.63) is 0 Å². The number of hydrogen-bond donors (Lipinski definition) is 0. The molecule has 0 N–H and O–H groups in total. The van der Waals surface area contributed by atoms with E-state index in [-0.39, 0.29) is 0 Å². The molecule has 0 heteroatoms. The van der Waals surface area contributed by atoms with Crippen molar-refractivity contribution in [3.63, 3.8) is 0 Å². The quantitative estimate of drug-likeness (QED) is 0.561. The highest BCUT2D eigenvalue weighted by atomic mass is 15.1. The van der Waals surface area contributed by atoms with Gasteiger partial charge in [0, 0.05) is 0 Å². The molecule has 2 spiro atoms. The van der Waals surface area contributed by atoms with Crippen LogP contribution in [0.15, 0.2) is 0 Å². The van der Waals surface area contributed by atoms with Gasteiger partial charge in [0.2, 0.25) is 0 Å². The van der Waals surface area contributed by atoms with Crippen LogP contribution in [-0.4, -0.2) is 0 Å². The second kappa shape index (κ2) is 1.28. The Labute approximate surface area is 90.8 Å². The lowest BCUT2D eigenvalue weighted by Crippen LogP contribution is -3.01. The minimum absolute atomic E-state index is 0.911. The summed E-state index contributed by atoms with van der Waals surface area (Å²) in [6.45, 7) is 2.72. The lowest BCUT2D eigenvalue weighted by Gasteiger charge is -3.05. The first-order valence-corrected chi connectivity index (χ1v) is 7.29. The Balaban J connectivity index is 1.60. The molecule has 10 unspecified atom stereocenters. The smallest absolute Gasteiger partial charge is 0.0108 e. The Bertz CT molecular complexity index is 447. The summed E-state index contributed by atoms with van der Waals surface area (Å²) in [5, 5.41) is 0. The van der Waals surface area contributed by atoms with Crippen molar-refractivity contribution < 1.29 is 0 Å². The minimum atomic E-state index is 0.911. The van der Waals surface area contributed by atoms with Gasteiger partial charge in [0.1, 0.15) is 0 Å². The zero-order chi connectivity index (χ0) is 9.37. The molecule has 7 saturated carbocycles. The highest BCUT2D eigenvalue weighted by Crippen LogP contribution is 3.10. The van der Waals surface area contributed by atoms with Crippen molar-refractivity contribution in [2.75, 3.05) is 0 Å². The normalized spacial score (nSPS) is 95.4. The number of rotatable bonds is 0. The van der Waals surface area contributed by atoms with Crippen molar-refractivity contribution in [1.29, 1.82) is 0 Å². The van der Waals surface area contributed by atoms with Crippen molar-refractivity contribution in [2.24, 2.45) is 57.7 Å².